The maximum Gasteiger partial charge on any atom is 0.263 e. The van der Waals surface area contributed by atoms with Gasteiger partial charge in [0.1, 0.15) is 6.23 Å². The minimum atomic E-state index is -1.35. The number of hydrogen-bond acceptors (Lipinski definition) is 4. The number of hydrogen-bond donors (Lipinski definition) is 1. The fraction of sp³-hybridized carbons (Fsp3) is 0.267. The number of allylic oxidation sites excluding steroid dienone is 1. The van der Waals surface area contributed by atoms with Gasteiger partial charge in [0.25, 0.3) is 11.8 Å². The lowest BCUT2D eigenvalue weighted by Gasteiger charge is -2.20. The van der Waals surface area contributed by atoms with Crippen LogP contribution in [-0.4, -0.2) is 33.8 Å². The number of halogens is 1. The van der Waals surface area contributed by atoms with Gasteiger partial charge in [0.2, 0.25) is 0 Å². The summed E-state index contributed by atoms with van der Waals surface area (Å²) in [6.45, 7) is 5.08. The molecule has 1 N–H and O–H groups in total. The van der Waals surface area contributed by atoms with E-state index in [-0.39, 0.29) is 29.8 Å². The monoisotopic (exact) mass is 307 g/mol. The van der Waals surface area contributed by atoms with E-state index in [1.807, 2.05) is 0 Å². The summed E-state index contributed by atoms with van der Waals surface area (Å²) >= 11 is 5.80. The van der Waals surface area contributed by atoms with E-state index >= 15 is 0 Å². The number of benzene rings is 1. The summed E-state index contributed by atoms with van der Waals surface area (Å²) in [5.74, 6) is -1.40. The first-order chi connectivity index (χ1) is 9.82. The molecule has 1 aromatic carbocycles. The highest BCUT2D eigenvalue weighted by atomic mass is 35.5. The van der Waals surface area contributed by atoms with E-state index in [0.717, 1.165) is 4.90 Å². The largest absolute Gasteiger partial charge is 0.373 e. The Labute approximate surface area is 126 Å². The van der Waals surface area contributed by atoms with Crippen LogP contribution >= 0.6 is 11.6 Å². The Morgan fingerprint density at radius 2 is 1.95 bits per heavy atom. The fourth-order valence-corrected chi connectivity index (χ4v) is 2.28. The van der Waals surface area contributed by atoms with Crippen molar-refractivity contribution in [1.82, 2.24) is 4.90 Å². The standard InChI is InChI=1S/C15H14ClNO4/c1-8(2)12(18)5-6-13(19)17-14(20)10-4-3-9(16)7-11(10)15(17)21/h3-4,7,13,19H,1,5-6H2,2H3. The molecular weight excluding hydrogens is 294 g/mol. The quantitative estimate of drug-likeness (QED) is 0.668. The molecule has 1 aliphatic heterocycles. The molecule has 0 saturated carbocycles. The van der Waals surface area contributed by atoms with Crippen LogP contribution in [0.1, 0.15) is 40.5 Å². The van der Waals surface area contributed by atoms with E-state index in [1.54, 1.807) is 6.92 Å². The van der Waals surface area contributed by atoms with Gasteiger partial charge in [0.15, 0.2) is 5.78 Å². The van der Waals surface area contributed by atoms with Gasteiger partial charge in [-0.05, 0) is 37.1 Å². The summed E-state index contributed by atoms with van der Waals surface area (Å²) < 4.78 is 0. The smallest absolute Gasteiger partial charge is 0.263 e. The zero-order valence-corrected chi connectivity index (χ0v) is 12.2. The number of ketones is 1. The number of nitrogens with zero attached hydrogens (tertiary/aromatic N) is 1. The molecule has 1 aromatic rings. The van der Waals surface area contributed by atoms with Crippen LogP contribution in [0.25, 0.3) is 0 Å². The Kier molecular flexibility index (Phi) is 4.25. The summed E-state index contributed by atoms with van der Waals surface area (Å²) in [6, 6.07) is 4.35. The third kappa shape index (κ3) is 2.89. The van der Waals surface area contributed by atoms with Crippen LogP contribution in [0.4, 0.5) is 0 Å². The number of amides is 2. The lowest BCUT2D eigenvalue weighted by molar-refractivity contribution is -0.116. The van der Waals surface area contributed by atoms with Crippen molar-refractivity contribution in [3.05, 3.63) is 46.5 Å². The number of Topliss-reactive ketones (excluding diaryl/α,β-unsaturated/α-hetero) is 1. The third-order valence-electron chi connectivity index (χ3n) is 3.28. The molecule has 2 amide bonds. The van der Waals surface area contributed by atoms with Crippen molar-refractivity contribution in [2.45, 2.75) is 26.0 Å². The van der Waals surface area contributed by atoms with Gasteiger partial charge in [-0.3, -0.25) is 14.4 Å². The third-order valence-corrected chi connectivity index (χ3v) is 3.52. The molecule has 21 heavy (non-hydrogen) atoms. The SMILES string of the molecule is C=C(C)C(=O)CCC(O)N1C(=O)c2ccc(Cl)cc2C1=O. The lowest BCUT2D eigenvalue weighted by atomic mass is 10.1. The van der Waals surface area contributed by atoms with Gasteiger partial charge >= 0.3 is 0 Å². The molecule has 0 spiro atoms. The minimum Gasteiger partial charge on any atom is -0.373 e. The van der Waals surface area contributed by atoms with Crippen molar-refractivity contribution in [1.29, 1.82) is 0 Å². The number of aliphatic hydroxyl groups is 1. The second-order valence-corrected chi connectivity index (χ2v) is 5.33. The number of carbonyl (C=O) groups excluding carboxylic acids is 3. The normalized spacial score (nSPS) is 15.1. The van der Waals surface area contributed by atoms with Gasteiger partial charge in [0.05, 0.1) is 11.1 Å². The highest BCUT2D eigenvalue weighted by Gasteiger charge is 2.39. The molecule has 1 aliphatic rings. The van der Waals surface area contributed by atoms with Gasteiger partial charge in [-0.1, -0.05) is 18.2 Å². The van der Waals surface area contributed by atoms with Crippen LogP contribution in [0.5, 0.6) is 0 Å². The van der Waals surface area contributed by atoms with E-state index in [2.05, 4.69) is 6.58 Å². The van der Waals surface area contributed by atoms with Crippen molar-refractivity contribution < 1.29 is 19.5 Å². The maximum atomic E-state index is 12.2. The van der Waals surface area contributed by atoms with Crippen LogP contribution in [0.3, 0.4) is 0 Å². The lowest BCUT2D eigenvalue weighted by Crippen LogP contribution is -2.40. The van der Waals surface area contributed by atoms with Crippen molar-refractivity contribution in [3.63, 3.8) is 0 Å². The molecule has 5 nitrogen and oxygen atoms in total. The van der Waals surface area contributed by atoms with E-state index < -0.39 is 18.0 Å². The van der Waals surface area contributed by atoms with Crippen molar-refractivity contribution >= 4 is 29.2 Å². The van der Waals surface area contributed by atoms with Crippen molar-refractivity contribution in [3.8, 4) is 0 Å². The second-order valence-electron chi connectivity index (χ2n) is 4.89. The maximum absolute atomic E-state index is 12.2. The molecule has 0 bridgehead atoms. The summed E-state index contributed by atoms with van der Waals surface area (Å²) in [5.41, 5.74) is 0.740. The van der Waals surface area contributed by atoms with Gasteiger partial charge < -0.3 is 5.11 Å². The van der Waals surface area contributed by atoms with Gasteiger partial charge in [-0.15, -0.1) is 0 Å². The molecule has 0 aromatic heterocycles. The molecule has 1 heterocycles. The van der Waals surface area contributed by atoms with Gasteiger partial charge in [-0.25, -0.2) is 4.90 Å². The van der Waals surface area contributed by atoms with Crippen LogP contribution in [-0.2, 0) is 4.79 Å². The van der Waals surface area contributed by atoms with Gasteiger partial charge in [0, 0.05) is 11.4 Å². The Hall–Kier alpha value is -1.98. The second kappa shape index (κ2) is 5.79. The summed E-state index contributed by atoms with van der Waals surface area (Å²) in [4.78, 5) is 36.5. The van der Waals surface area contributed by atoms with E-state index in [1.165, 1.54) is 18.2 Å². The average Bonchev–Trinajstić information content (AvgIpc) is 2.67. The van der Waals surface area contributed by atoms with Gasteiger partial charge in [-0.2, -0.15) is 0 Å². The Morgan fingerprint density at radius 1 is 1.33 bits per heavy atom. The highest BCUT2D eigenvalue weighted by Crippen LogP contribution is 2.27. The number of imide groups is 1. The average molecular weight is 308 g/mol. The first-order valence-corrected chi connectivity index (χ1v) is 6.75. The van der Waals surface area contributed by atoms with E-state index in [0.29, 0.717) is 10.6 Å². The Balaban J connectivity index is 2.15. The topological polar surface area (TPSA) is 74.7 Å². The molecular formula is C15H14ClNO4. The minimum absolute atomic E-state index is 0.0185. The molecule has 0 radical (unpaired) electrons. The number of fused-ring (bicyclic) bond motifs is 1. The Morgan fingerprint density at radius 3 is 2.57 bits per heavy atom. The molecule has 0 saturated heterocycles. The summed E-state index contributed by atoms with van der Waals surface area (Å²) in [7, 11) is 0. The molecule has 0 aliphatic carbocycles. The molecule has 1 unspecified atom stereocenters. The number of rotatable bonds is 5. The molecule has 6 heteroatoms. The molecule has 110 valence electrons. The van der Waals surface area contributed by atoms with Crippen molar-refractivity contribution in [2.75, 3.05) is 0 Å². The first kappa shape index (κ1) is 15.4. The summed E-state index contributed by atoms with van der Waals surface area (Å²) in [6.07, 6.45) is -1.35. The zero-order chi connectivity index (χ0) is 15.7. The fourth-order valence-electron chi connectivity index (χ4n) is 2.11. The number of carbonyl (C=O) groups is 3. The van der Waals surface area contributed by atoms with E-state index in [9.17, 15) is 19.5 Å². The van der Waals surface area contributed by atoms with Crippen LogP contribution in [0.15, 0.2) is 30.4 Å². The highest BCUT2D eigenvalue weighted by molar-refractivity contribution is 6.32. The van der Waals surface area contributed by atoms with E-state index in [4.69, 9.17) is 11.6 Å². The van der Waals surface area contributed by atoms with Crippen LogP contribution in [0, 0.1) is 0 Å². The molecule has 1 atom stereocenters. The molecule has 0 fully saturated rings. The Bertz CT molecular complexity index is 653. The van der Waals surface area contributed by atoms with Crippen LogP contribution in [0.2, 0.25) is 5.02 Å². The summed E-state index contributed by atoms with van der Waals surface area (Å²) in [5, 5.41) is 10.4. The van der Waals surface area contributed by atoms with Crippen LogP contribution < -0.4 is 0 Å². The number of aliphatic hydroxyl groups excluding tert-OH is 1. The predicted molar refractivity (Wildman–Crippen MR) is 77.0 cm³/mol. The predicted octanol–water partition coefficient (Wildman–Crippen LogP) is 2.18. The zero-order valence-electron chi connectivity index (χ0n) is 11.4. The first-order valence-electron chi connectivity index (χ1n) is 6.37. The van der Waals surface area contributed by atoms with Crippen molar-refractivity contribution in [2.24, 2.45) is 0 Å². The molecule has 2 rings (SSSR count).